The van der Waals surface area contributed by atoms with Gasteiger partial charge in [-0.2, -0.15) is 8.42 Å². The summed E-state index contributed by atoms with van der Waals surface area (Å²) in [5.41, 5.74) is 0.793. The van der Waals surface area contributed by atoms with Crippen LogP contribution in [0.2, 0.25) is 0 Å². The first-order chi connectivity index (χ1) is 11.2. The Morgan fingerprint density at radius 2 is 1.54 bits per heavy atom. The van der Waals surface area contributed by atoms with Gasteiger partial charge in [0.15, 0.2) is 7.50 Å². The summed E-state index contributed by atoms with van der Waals surface area (Å²) < 4.78 is 34.8. The van der Waals surface area contributed by atoms with Crippen molar-refractivity contribution >= 4 is 10.1 Å². The lowest BCUT2D eigenvalue weighted by atomic mass is 9.99. The van der Waals surface area contributed by atoms with E-state index in [1.54, 1.807) is 24.3 Å². The summed E-state index contributed by atoms with van der Waals surface area (Å²) in [5.74, 6) is 3.13. The molecule has 0 aliphatic carbocycles. The summed E-state index contributed by atoms with van der Waals surface area (Å²) in [6.45, 7) is 7.89. The van der Waals surface area contributed by atoms with Crippen LogP contribution in [-0.4, -0.2) is 8.42 Å². The Labute approximate surface area is 152 Å². The van der Waals surface area contributed by atoms with Crippen LogP contribution >= 0.6 is 0 Å². The average Bonchev–Trinajstić information content (AvgIpc) is 2.52. The van der Waals surface area contributed by atoms with E-state index in [1.807, 2.05) is 58.0 Å². The number of benzene rings is 2. The number of aryl methyl sites for hydroxylation is 1. The fourth-order valence-electron chi connectivity index (χ4n) is 1.64. The first-order valence-electron chi connectivity index (χ1n) is 7.47. The SMILES string of the molecule is Cc1ccc(S(=O)(=O)O[I+](C#CC(C)(C)C)c2ccccc2)cc1. The van der Waals surface area contributed by atoms with E-state index < -0.39 is 30.4 Å². The van der Waals surface area contributed by atoms with E-state index in [-0.39, 0.29) is 10.3 Å². The van der Waals surface area contributed by atoms with E-state index >= 15 is 0 Å². The van der Waals surface area contributed by atoms with Crippen LogP contribution in [0, 0.1) is 25.8 Å². The zero-order chi connectivity index (χ0) is 17.8. The van der Waals surface area contributed by atoms with E-state index in [0.29, 0.717) is 0 Å². The van der Waals surface area contributed by atoms with Crippen molar-refractivity contribution in [3.63, 3.8) is 0 Å². The molecule has 24 heavy (non-hydrogen) atoms. The minimum Gasteiger partial charge on any atom is -0.190 e. The van der Waals surface area contributed by atoms with E-state index in [9.17, 15) is 8.42 Å². The smallest absolute Gasteiger partial charge is 0.190 e. The van der Waals surface area contributed by atoms with Crippen molar-refractivity contribution in [2.75, 3.05) is 0 Å². The molecule has 0 saturated heterocycles. The zero-order valence-electron chi connectivity index (χ0n) is 14.2. The van der Waals surface area contributed by atoms with Crippen LogP contribution in [0.15, 0.2) is 59.5 Å². The minimum atomic E-state index is -3.82. The van der Waals surface area contributed by atoms with Crippen LogP contribution in [0.25, 0.3) is 0 Å². The highest BCUT2D eigenvalue weighted by atomic mass is 127. The van der Waals surface area contributed by atoms with Gasteiger partial charge in [0.1, 0.15) is 0 Å². The van der Waals surface area contributed by atoms with E-state index in [1.165, 1.54) is 0 Å². The molecule has 0 aliphatic rings. The molecule has 1 radical (unpaired) electrons. The Hall–Kier alpha value is -1.36. The lowest BCUT2D eigenvalue weighted by Crippen LogP contribution is -3.84. The van der Waals surface area contributed by atoms with Crippen molar-refractivity contribution in [2.24, 2.45) is 5.41 Å². The maximum atomic E-state index is 12.6. The summed E-state index contributed by atoms with van der Waals surface area (Å²) in [6, 6.07) is 16.1. The van der Waals surface area contributed by atoms with Gasteiger partial charge in [0.2, 0.25) is 0 Å². The molecule has 2 aromatic rings. The molecule has 0 fully saturated rings. The molecule has 0 spiro atoms. The fourth-order valence-corrected chi connectivity index (χ4v) is 7.83. The van der Waals surface area contributed by atoms with Gasteiger partial charge < -0.3 is 0 Å². The quantitative estimate of drug-likeness (QED) is 0.512. The van der Waals surface area contributed by atoms with Gasteiger partial charge in [-0.15, -0.1) is 0 Å². The van der Waals surface area contributed by atoms with Gasteiger partial charge in [0.05, 0.1) is 4.90 Å². The van der Waals surface area contributed by atoms with Crippen LogP contribution in [-0.2, 0) is 12.6 Å². The Balaban J connectivity index is 2.37. The van der Waals surface area contributed by atoms with Crippen LogP contribution in [0.5, 0.6) is 0 Å². The monoisotopic (exact) mass is 456 g/mol. The van der Waals surface area contributed by atoms with Crippen molar-refractivity contribution < 1.29 is 31.2 Å². The van der Waals surface area contributed by atoms with Gasteiger partial charge in [0, 0.05) is 5.41 Å². The van der Waals surface area contributed by atoms with E-state index in [2.05, 4.69) is 9.85 Å². The van der Waals surface area contributed by atoms with Crippen molar-refractivity contribution in [1.29, 1.82) is 0 Å². The van der Waals surface area contributed by atoms with Crippen molar-refractivity contribution in [1.82, 2.24) is 0 Å². The van der Waals surface area contributed by atoms with Crippen molar-refractivity contribution in [2.45, 2.75) is 32.6 Å². The number of hydrogen-bond donors (Lipinski definition) is 0. The molecular formula is C19H21IO3S+. The summed E-state index contributed by atoms with van der Waals surface area (Å²) in [6.07, 6.45) is 0. The molecule has 127 valence electrons. The van der Waals surface area contributed by atoms with E-state index in [4.69, 9.17) is 2.51 Å². The maximum absolute atomic E-state index is 12.6. The third-order valence-corrected chi connectivity index (χ3v) is 9.15. The highest BCUT2D eigenvalue weighted by Gasteiger charge is 2.34. The zero-order valence-corrected chi connectivity index (χ0v) is 17.2. The Morgan fingerprint density at radius 1 is 0.958 bits per heavy atom. The minimum absolute atomic E-state index is 0.170. The number of hydrogen-bond acceptors (Lipinski definition) is 3. The Bertz CT molecular complexity index is 839. The molecule has 0 atom stereocenters. The summed E-state index contributed by atoms with van der Waals surface area (Å²) >= 11 is -2.65. The highest BCUT2D eigenvalue weighted by molar-refractivity contribution is 7.86. The van der Waals surface area contributed by atoms with Gasteiger partial charge in [-0.05, 0) is 60.4 Å². The molecule has 0 amide bonds. The predicted octanol–water partition coefficient (Wildman–Crippen LogP) is 1.12. The van der Waals surface area contributed by atoms with Crippen LogP contribution in [0.1, 0.15) is 26.3 Å². The standard InChI is InChI=1S/C19H21IO3S/c1-16-10-12-18(13-11-16)24(21,22)23-20(15-14-19(2,3)4)17-8-6-5-7-9-17/h5-13H,1-4H3/q+1. The molecule has 3 nitrogen and oxygen atoms in total. The lowest BCUT2D eigenvalue weighted by Gasteiger charge is -2.06. The topological polar surface area (TPSA) is 43.4 Å². The Morgan fingerprint density at radius 3 is 2.08 bits per heavy atom. The van der Waals surface area contributed by atoms with Crippen LogP contribution < -0.4 is 20.2 Å². The van der Waals surface area contributed by atoms with Gasteiger partial charge in [-0.25, -0.2) is 0 Å². The highest BCUT2D eigenvalue weighted by Crippen LogP contribution is 2.11. The molecule has 2 aromatic carbocycles. The third kappa shape index (κ3) is 5.62. The van der Waals surface area contributed by atoms with Crippen molar-refractivity contribution in [3.05, 3.63) is 63.7 Å². The predicted molar refractivity (Wildman–Crippen MR) is 91.8 cm³/mol. The van der Waals surface area contributed by atoms with E-state index in [0.717, 1.165) is 9.13 Å². The fraction of sp³-hybridized carbons (Fsp3) is 0.263. The average molecular weight is 456 g/mol. The maximum Gasteiger partial charge on any atom is 0.377 e. The molecule has 0 bridgehead atoms. The number of rotatable bonds is 4. The van der Waals surface area contributed by atoms with Gasteiger partial charge in [-0.3, -0.25) is 0 Å². The second-order valence-corrected chi connectivity index (χ2v) is 12.1. The van der Waals surface area contributed by atoms with Crippen LogP contribution in [0.4, 0.5) is 0 Å². The molecule has 0 unspecified atom stereocenters. The van der Waals surface area contributed by atoms with Gasteiger partial charge in [0.25, 0.3) is 0 Å². The first kappa shape index (κ1) is 19.0. The van der Waals surface area contributed by atoms with Gasteiger partial charge in [-0.1, -0.05) is 35.9 Å². The molecule has 5 heteroatoms. The molecule has 0 aromatic heterocycles. The first-order valence-corrected chi connectivity index (χ1v) is 11.9. The lowest BCUT2D eigenvalue weighted by molar-refractivity contribution is -0.988. The molecule has 0 aliphatic heterocycles. The summed E-state index contributed by atoms with van der Waals surface area (Å²) in [4.78, 5) is 0.170. The second kappa shape index (κ2) is 7.68. The molecule has 0 heterocycles. The van der Waals surface area contributed by atoms with Gasteiger partial charge >= 0.3 is 30.4 Å². The summed E-state index contributed by atoms with van der Waals surface area (Å²) in [5, 5.41) is 0. The second-order valence-electron chi connectivity index (χ2n) is 6.34. The molecule has 0 saturated carbocycles. The van der Waals surface area contributed by atoms with Crippen LogP contribution in [0.3, 0.4) is 0 Å². The molecular weight excluding hydrogens is 435 g/mol. The molecule has 0 N–H and O–H groups in total. The van der Waals surface area contributed by atoms with Crippen molar-refractivity contribution in [3.8, 4) is 9.85 Å². The largest absolute Gasteiger partial charge is 0.377 e. The normalized spacial score (nSPS) is 11.9. The number of halogens is 1. The third-order valence-electron chi connectivity index (χ3n) is 2.89. The summed E-state index contributed by atoms with van der Waals surface area (Å²) in [7, 11) is -3.82. The molecule has 2 rings (SSSR count). The Kier molecular flexibility index (Phi) is 6.07.